The fourth-order valence-corrected chi connectivity index (χ4v) is 5.86. The average Bonchev–Trinajstić information content (AvgIpc) is 3.60. The summed E-state index contributed by atoms with van der Waals surface area (Å²) in [6.45, 7) is 8.60. The Balaban J connectivity index is 0.00000329. The second-order valence-corrected chi connectivity index (χ2v) is 10.8. The number of hydrogen-bond donors (Lipinski definition) is 0. The van der Waals surface area contributed by atoms with Gasteiger partial charge in [-0.15, -0.1) is 35.7 Å². The smallest absolute Gasteiger partial charge is 0.509 e. The third kappa shape index (κ3) is 5.30. The van der Waals surface area contributed by atoms with Crippen LogP contribution in [0.3, 0.4) is 0 Å². The molecule has 0 atom stereocenters. The summed E-state index contributed by atoms with van der Waals surface area (Å²) in [6.07, 6.45) is 6.85. The van der Waals surface area contributed by atoms with E-state index in [0.29, 0.717) is 11.5 Å². The Morgan fingerprint density at radius 3 is 2.40 bits per heavy atom. The molecular weight excluding hydrogens is 712 g/mol. The van der Waals surface area contributed by atoms with Gasteiger partial charge in [-0.25, -0.2) is 4.98 Å². The predicted molar refractivity (Wildman–Crippen MR) is 169 cm³/mol. The fraction of sp³-hybridized carbons (Fsp3) is 0.135. The zero-order valence-electron chi connectivity index (χ0n) is 24.5. The van der Waals surface area contributed by atoms with Gasteiger partial charge in [-0.2, -0.15) is 17.2 Å². The van der Waals surface area contributed by atoms with Crippen LogP contribution in [0.1, 0.15) is 29.2 Å². The molecule has 0 aliphatic rings. The van der Waals surface area contributed by atoms with Gasteiger partial charge in [0.2, 0.25) is 0 Å². The maximum atomic E-state index is 6.33. The van der Waals surface area contributed by atoms with Crippen LogP contribution >= 0.6 is 0 Å². The summed E-state index contributed by atoms with van der Waals surface area (Å²) >= 11 is 0. The molecular formula is C37H30N4OPt. The van der Waals surface area contributed by atoms with Crippen LogP contribution in [0, 0.1) is 32.9 Å². The Bertz CT molecular complexity index is 2080. The molecule has 0 fully saturated rings. The summed E-state index contributed by atoms with van der Waals surface area (Å²) < 4.78 is 10.3. The normalized spacial score (nSPS) is 11.2. The monoisotopic (exact) mass is 741 g/mol. The van der Waals surface area contributed by atoms with Gasteiger partial charge in [0.15, 0.2) is 0 Å². The van der Waals surface area contributed by atoms with Crippen molar-refractivity contribution in [2.45, 2.75) is 34.1 Å². The third-order valence-electron chi connectivity index (χ3n) is 7.78. The summed E-state index contributed by atoms with van der Waals surface area (Å²) in [5, 5.41) is 6.91. The molecule has 6 heteroatoms. The molecule has 43 heavy (non-hydrogen) atoms. The number of ether oxygens (including phenoxy) is 1. The number of fused-ring (bicyclic) bond motifs is 3. The van der Waals surface area contributed by atoms with Crippen LogP contribution in [0.4, 0.5) is 0 Å². The standard InChI is InChI=1S/C37H30N4O.Pt/c1-5-27-18-25(3)37(26(4)19-27)28-22-39-40(23-28)29-9-8-10-30(20-29)42-31-13-14-33-32-11-6-7-12-34(32)41(35(33)21-31)36-17-24(2)15-16-38-36;/h6-19,22-23H,5H2,1-4H3;/q-2;+2. The second kappa shape index (κ2) is 11.7. The van der Waals surface area contributed by atoms with E-state index in [9.17, 15) is 0 Å². The Kier molecular flexibility index (Phi) is 7.77. The van der Waals surface area contributed by atoms with E-state index in [4.69, 9.17) is 4.74 Å². The van der Waals surface area contributed by atoms with Gasteiger partial charge in [0.05, 0.1) is 6.20 Å². The van der Waals surface area contributed by atoms with Crippen molar-refractivity contribution < 1.29 is 25.8 Å². The van der Waals surface area contributed by atoms with Crippen LogP contribution in [-0.4, -0.2) is 19.3 Å². The summed E-state index contributed by atoms with van der Waals surface area (Å²) in [7, 11) is 0. The number of pyridine rings is 1. The van der Waals surface area contributed by atoms with E-state index in [1.165, 1.54) is 22.3 Å². The molecule has 5 nitrogen and oxygen atoms in total. The maximum absolute atomic E-state index is 6.33. The van der Waals surface area contributed by atoms with Gasteiger partial charge < -0.3 is 9.30 Å². The molecule has 0 saturated heterocycles. The van der Waals surface area contributed by atoms with Gasteiger partial charge in [0.1, 0.15) is 5.82 Å². The number of para-hydroxylation sites is 1. The minimum absolute atomic E-state index is 0. The zero-order valence-corrected chi connectivity index (χ0v) is 26.7. The maximum Gasteiger partial charge on any atom is 2.00 e. The molecule has 214 valence electrons. The molecule has 0 bridgehead atoms. The van der Waals surface area contributed by atoms with E-state index >= 15 is 0 Å². The van der Waals surface area contributed by atoms with Gasteiger partial charge in [-0.05, 0) is 84.3 Å². The Morgan fingerprint density at radius 1 is 0.814 bits per heavy atom. The van der Waals surface area contributed by atoms with Crippen molar-refractivity contribution in [3.8, 4) is 34.1 Å². The van der Waals surface area contributed by atoms with E-state index in [0.717, 1.165) is 50.9 Å². The second-order valence-electron chi connectivity index (χ2n) is 10.8. The van der Waals surface area contributed by atoms with Crippen molar-refractivity contribution in [2.75, 3.05) is 0 Å². The van der Waals surface area contributed by atoms with Gasteiger partial charge in [-0.3, -0.25) is 4.68 Å². The van der Waals surface area contributed by atoms with Crippen molar-refractivity contribution in [3.63, 3.8) is 0 Å². The first kappa shape index (κ1) is 28.6. The zero-order chi connectivity index (χ0) is 28.8. The average molecular weight is 742 g/mol. The summed E-state index contributed by atoms with van der Waals surface area (Å²) in [4.78, 5) is 4.67. The molecule has 0 aliphatic heterocycles. The summed E-state index contributed by atoms with van der Waals surface area (Å²) in [6, 6.07) is 33.8. The number of benzene rings is 4. The first-order valence-corrected chi connectivity index (χ1v) is 14.2. The van der Waals surface area contributed by atoms with E-state index in [-0.39, 0.29) is 21.1 Å². The van der Waals surface area contributed by atoms with Crippen LogP contribution in [-0.2, 0) is 27.5 Å². The Morgan fingerprint density at radius 2 is 1.60 bits per heavy atom. The molecule has 0 spiro atoms. The molecule has 4 aromatic carbocycles. The molecule has 0 unspecified atom stereocenters. The number of nitrogens with zero attached hydrogens (tertiary/aromatic N) is 4. The van der Waals surface area contributed by atoms with Crippen LogP contribution in [0.5, 0.6) is 11.5 Å². The van der Waals surface area contributed by atoms with Crippen molar-refractivity contribution in [1.82, 2.24) is 19.3 Å². The van der Waals surface area contributed by atoms with Gasteiger partial charge in [0, 0.05) is 35.0 Å². The fourth-order valence-electron chi connectivity index (χ4n) is 5.86. The first-order valence-electron chi connectivity index (χ1n) is 14.2. The largest absolute Gasteiger partial charge is 2.00 e. The molecule has 3 heterocycles. The third-order valence-corrected chi connectivity index (χ3v) is 7.78. The predicted octanol–water partition coefficient (Wildman–Crippen LogP) is 8.91. The number of hydrogen-bond acceptors (Lipinski definition) is 3. The molecule has 0 N–H and O–H groups in total. The van der Waals surface area contributed by atoms with Crippen LogP contribution in [0.25, 0.3) is 44.4 Å². The molecule has 0 aliphatic carbocycles. The van der Waals surface area contributed by atoms with E-state index < -0.39 is 0 Å². The van der Waals surface area contributed by atoms with Crippen LogP contribution in [0.15, 0.2) is 97.5 Å². The van der Waals surface area contributed by atoms with Gasteiger partial charge >= 0.3 is 21.1 Å². The van der Waals surface area contributed by atoms with Crippen molar-refractivity contribution in [2.24, 2.45) is 0 Å². The molecule has 0 amide bonds. The molecule has 7 aromatic rings. The van der Waals surface area contributed by atoms with E-state index in [1.54, 1.807) is 0 Å². The van der Waals surface area contributed by atoms with Gasteiger partial charge in [-0.1, -0.05) is 42.8 Å². The minimum Gasteiger partial charge on any atom is -0.509 e. The van der Waals surface area contributed by atoms with Crippen molar-refractivity contribution in [3.05, 3.63) is 132 Å². The SMILES string of the molecule is CCc1cc(C)c(-c2cnn(-c3[c-]c(Oc4[c-]c5c(cc4)c4ccccc4n5-c4cc(C)ccn4)ccc3)c2)c(C)c1.[Pt+2]. The quantitative estimate of drug-likeness (QED) is 0.160. The Labute approximate surface area is 266 Å². The van der Waals surface area contributed by atoms with Crippen LogP contribution < -0.4 is 4.74 Å². The van der Waals surface area contributed by atoms with Crippen molar-refractivity contribution in [1.29, 1.82) is 0 Å². The molecule has 3 aromatic heterocycles. The van der Waals surface area contributed by atoms with E-state index in [2.05, 4.69) is 109 Å². The summed E-state index contributed by atoms with van der Waals surface area (Å²) in [5.41, 5.74) is 10.1. The van der Waals surface area contributed by atoms with E-state index in [1.807, 2.05) is 47.4 Å². The van der Waals surface area contributed by atoms with Crippen molar-refractivity contribution >= 4 is 21.8 Å². The summed E-state index contributed by atoms with van der Waals surface area (Å²) in [5.74, 6) is 2.06. The number of aromatic nitrogens is 4. The van der Waals surface area contributed by atoms with Gasteiger partial charge in [0.25, 0.3) is 0 Å². The minimum atomic E-state index is 0. The Hall–Kier alpha value is -4.47. The topological polar surface area (TPSA) is 44.9 Å². The molecule has 0 radical (unpaired) electrons. The molecule has 7 rings (SSSR count). The van der Waals surface area contributed by atoms with Crippen LogP contribution in [0.2, 0.25) is 0 Å². The number of aryl methyl sites for hydroxylation is 4. The number of rotatable bonds is 6. The first-order chi connectivity index (χ1) is 20.5. The molecule has 0 saturated carbocycles.